The van der Waals surface area contributed by atoms with Gasteiger partial charge in [0.05, 0.1) is 12.6 Å². The largest absolute Gasteiger partial charge is 0.497 e. The van der Waals surface area contributed by atoms with Crippen molar-refractivity contribution in [1.82, 2.24) is 19.6 Å². The first-order valence-corrected chi connectivity index (χ1v) is 10.3. The number of para-hydroxylation sites is 1. The summed E-state index contributed by atoms with van der Waals surface area (Å²) < 4.78 is 12.8. The zero-order chi connectivity index (χ0) is 20.6. The summed E-state index contributed by atoms with van der Waals surface area (Å²) in [5.41, 5.74) is 2.97. The van der Waals surface area contributed by atoms with E-state index in [0.29, 0.717) is 5.95 Å². The molecule has 3 heterocycles. The maximum Gasteiger partial charge on any atom is 0.226 e. The topological polar surface area (TPSA) is 73.6 Å². The van der Waals surface area contributed by atoms with Crippen LogP contribution in [0, 0.1) is 6.92 Å². The smallest absolute Gasteiger partial charge is 0.226 e. The summed E-state index contributed by atoms with van der Waals surface area (Å²) >= 11 is 0. The summed E-state index contributed by atoms with van der Waals surface area (Å²) in [5.74, 6) is 2.31. The number of anilines is 1. The van der Waals surface area contributed by atoms with Gasteiger partial charge in [-0.05, 0) is 49.6 Å². The van der Waals surface area contributed by atoms with Gasteiger partial charge in [-0.1, -0.05) is 24.3 Å². The molecule has 1 aliphatic rings. The van der Waals surface area contributed by atoms with E-state index in [4.69, 9.17) is 14.5 Å². The zero-order valence-corrected chi connectivity index (χ0v) is 17.3. The molecule has 1 saturated heterocycles. The molecule has 2 aromatic heterocycles. The van der Waals surface area contributed by atoms with Crippen LogP contribution >= 0.6 is 0 Å². The predicted octanol–water partition coefficient (Wildman–Crippen LogP) is 3.75. The van der Waals surface area contributed by atoms with E-state index < -0.39 is 0 Å². The van der Waals surface area contributed by atoms with Gasteiger partial charge in [0, 0.05) is 30.6 Å². The molecule has 2 aromatic carbocycles. The lowest BCUT2D eigenvalue weighted by atomic mass is 9.74. The molecule has 0 aliphatic carbocycles. The lowest BCUT2D eigenvalue weighted by molar-refractivity contribution is 0.0543. The van der Waals surface area contributed by atoms with Crippen LogP contribution in [0.5, 0.6) is 5.75 Å². The minimum absolute atomic E-state index is 0.0419. The molecular weight excluding hydrogens is 378 g/mol. The Hall–Kier alpha value is -3.19. The van der Waals surface area contributed by atoms with Crippen molar-refractivity contribution in [2.45, 2.75) is 25.2 Å². The van der Waals surface area contributed by atoms with Gasteiger partial charge in [0.25, 0.3) is 0 Å². The molecule has 0 amide bonds. The molecule has 5 rings (SSSR count). The maximum absolute atomic E-state index is 5.68. The third-order valence-electron chi connectivity index (χ3n) is 6.02. The van der Waals surface area contributed by atoms with E-state index in [1.807, 2.05) is 47.8 Å². The molecule has 1 aliphatic heterocycles. The third-order valence-corrected chi connectivity index (χ3v) is 6.02. The number of aromatic nitrogens is 4. The number of fused-ring (bicyclic) bond motifs is 3. The van der Waals surface area contributed by atoms with Crippen molar-refractivity contribution in [3.05, 3.63) is 59.9 Å². The Bertz CT molecular complexity index is 1180. The van der Waals surface area contributed by atoms with Crippen LogP contribution in [0.1, 0.15) is 24.2 Å². The minimum Gasteiger partial charge on any atom is -0.497 e. The Morgan fingerprint density at radius 3 is 2.60 bits per heavy atom. The van der Waals surface area contributed by atoms with Crippen LogP contribution in [0.2, 0.25) is 0 Å². The lowest BCUT2D eigenvalue weighted by Gasteiger charge is -2.38. The minimum atomic E-state index is -0.0419. The molecular formula is C23H25N5O2. The molecule has 1 fully saturated rings. The van der Waals surface area contributed by atoms with Crippen molar-refractivity contribution >= 4 is 22.5 Å². The van der Waals surface area contributed by atoms with Gasteiger partial charge < -0.3 is 14.8 Å². The van der Waals surface area contributed by atoms with Crippen LogP contribution in [0.25, 0.3) is 16.6 Å². The first-order valence-electron chi connectivity index (χ1n) is 10.3. The van der Waals surface area contributed by atoms with Crippen molar-refractivity contribution in [1.29, 1.82) is 0 Å². The zero-order valence-electron chi connectivity index (χ0n) is 17.3. The average molecular weight is 403 g/mol. The van der Waals surface area contributed by atoms with Crippen molar-refractivity contribution < 1.29 is 9.47 Å². The van der Waals surface area contributed by atoms with E-state index in [2.05, 4.69) is 27.5 Å². The fourth-order valence-corrected chi connectivity index (χ4v) is 4.30. The summed E-state index contributed by atoms with van der Waals surface area (Å²) in [4.78, 5) is 9.48. The van der Waals surface area contributed by atoms with Crippen molar-refractivity contribution in [3.8, 4) is 5.75 Å². The van der Waals surface area contributed by atoms with Crippen LogP contribution < -0.4 is 10.1 Å². The quantitative estimate of drug-likeness (QED) is 0.547. The lowest BCUT2D eigenvalue weighted by Crippen LogP contribution is -2.40. The number of rotatable bonds is 5. The number of hydrogen-bond donors (Lipinski definition) is 1. The third kappa shape index (κ3) is 3.25. The molecule has 0 unspecified atom stereocenters. The maximum atomic E-state index is 5.68. The fourth-order valence-electron chi connectivity index (χ4n) is 4.30. The van der Waals surface area contributed by atoms with Crippen molar-refractivity contribution in [2.75, 3.05) is 32.2 Å². The number of hydrogen-bond acceptors (Lipinski definition) is 6. The second-order valence-electron chi connectivity index (χ2n) is 7.82. The van der Waals surface area contributed by atoms with E-state index in [1.54, 1.807) is 7.11 Å². The summed E-state index contributed by atoms with van der Waals surface area (Å²) in [6, 6.07) is 16.4. The SMILES string of the molecule is COc1ccc(C2(CNc3nc4ccccc4c4nc(C)nn34)CCOCC2)cc1. The van der Waals surface area contributed by atoms with E-state index in [-0.39, 0.29) is 5.41 Å². The number of nitrogens with one attached hydrogen (secondary N) is 1. The van der Waals surface area contributed by atoms with Gasteiger partial charge in [0.1, 0.15) is 11.6 Å². The van der Waals surface area contributed by atoms with Crippen LogP contribution in [-0.2, 0) is 10.2 Å². The van der Waals surface area contributed by atoms with Gasteiger partial charge in [0.15, 0.2) is 5.65 Å². The van der Waals surface area contributed by atoms with E-state index in [1.165, 1.54) is 5.56 Å². The monoisotopic (exact) mass is 403 g/mol. The molecule has 154 valence electrons. The van der Waals surface area contributed by atoms with Crippen molar-refractivity contribution in [2.24, 2.45) is 0 Å². The van der Waals surface area contributed by atoms with Crippen LogP contribution in [0.15, 0.2) is 48.5 Å². The standard InChI is InChI=1S/C23H25N5O2/c1-16-25-21-19-5-3-4-6-20(19)26-22(28(21)27-16)24-15-23(11-13-30-14-12-23)17-7-9-18(29-2)10-8-17/h3-10H,11-15H2,1-2H3,(H,24,26). The summed E-state index contributed by atoms with van der Waals surface area (Å²) in [5, 5.41) is 9.18. The van der Waals surface area contributed by atoms with E-state index >= 15 is 0 Å². The Morgan fingerprint density at radius 1 is 1.07 bits per heavy atom. The fraction of sp³-hybridized carbons (Fsp3) is 0.348. The van der Waals surface area contributed by atoms with Gasteiger partial charge in [-0.2, -0.15) is 4.52 Å². The molecule has 0 bridgehead atoms. The van der Waals surface area contributed by atoms with Crippen LogP contribution in [0.3, 0.4) is 0 Å². The van der Waals surface area contributed by atoms with Crippen LogP contribution in [0.4, 0.5) is 5.95 Å². The van der Waals surface area contributed by atoms with Gasteiger partial charge in [-0.3, -0.25) is 0 Å². The molecule has 7 heteroatoms. The highest BCUT2D eigenvalue weighted by molar-refractivity contribution is 5.92. The Kier molecular flexibility index (Phi) is 4.75. The summed E-state index contributed by atoms with van der Waals surface area (Å²) in [6.07, 6.45) is 1.89. The number of methoxy groups -OCH3 is 1. The number of ether oxygens (including phenoxy) is 2. The van der Waals surface area contributed by atoms with Gasteiger partial charge >= 0.3 is 0 Å². The van der Waals surface area contributed by atoms with Crippen molar-refractivity contribution in [3.63, 3.8) is 0 Å². The second kappa shape index (κ2) is 7.57. The summed E-state index contributed by atoms with van der Waals surface area (Å²) in [6.45, 7) is 4.14. The summed E-state index contributed by atoms with van der Waals surface area (Å²) in [7, 11) is 1.69. The van der Waals surface area contributed by atoms with E-state index in [9.17, 15) is 0 Å². The van der Waals surface area contributed by atoms with E-state index in [0.717, 1.165) is 60.7 Å². The second-order valence-corrected chi connectivity index (χ2v) is 7.82. The molecule has 0 spiro atoms. The molecule has 4 aromatic rings. The molecule has 0 saturated carbocycles. The molecule has 1 N–H and O–H groups in total. The Balaban J connectivity index is 1.52. The highest BCUT2D eigenvalue weighted by Gasteiger charge is 2.35. The average Bonchev–Trinajstić information content (AvgIpc) is 3.20. The first kappa shape index (κ1) is 18.8. The number of aryl methyl sites for hydroxylation is 1. The molecule has 0 atom stereocenters. The predicted molar refractivity (Wildman–Crippen MR) is 116 cm³/mol. The van der Waals surface area contributed by atoms with Gasteiger partial charge in [-0.25, -0.2) is 9.97 Å². The molecule has 7 nitrogen and oxygen atoms in total. The number of benzene rings is 2. The van der Waals surface area contributed by atoms with Gasteiger partial charge in [-0.15, -0.1) is 5.10 Å². The van der Waals surface area contributed by atoms with Crippen LogP contribution in [-0.4, -0.2) is 46.5 Å². The normalized spacial score (nSPS) is 16.1. The Labute approximate surface area is 175 Å². The molecule has 0 radical (unpaired) electrons. The highest BCUT2D eigenvalue weighted by Crippen LogP contribution is 2.36. The Morgan fingerprint density at radius 2 is 1.83 bits per heavy atom. The first-order chi connectivity index (χ1) is 14.7. The molecule has 30 heavy (non-hydrogen) atoms. The van der Waals surface area contributed by atoms with Gasteiger partial charge in [0.2, 0.25) is 5.95 Å². The number of nitrogens with zero attached hydrogens (tertiary/aromatic N) is 4. The highest BCUT2D eigenvalue weighted by atomic mass is 16.5.